The highest BCUT2D eigenvalue weighted by atomic mass is 14.3. The molecule has 0 aliphatic heterocycles. The summed E-state index contributed by atoms with van der Waals surface area (Å²) in [6.07, 6.45) is 16.5. The van der Waals surface area contributed by atoms with Gasteiger partial charge in [0.2, 0.25) is 0 Å². The minimum absolute atomic E-state index is 0.935. The van der Waals surface area contributed by atoms with Crippen LogP contribution in [-0.4, -0.2) is 0 Å². The molecular weight excluding hydrogens is 360 g/mol. The van der Waals surface area contributed by atoms with Gasteiger partial charge in [0, 0.05) is 0 Å². The van der Waals surface area contributed by atoms with Gasteiger partial charge < -0.3 is 0 Å². The molecule has 0 nitrogen and oxygen atoms in total. The van der Waals surface area contributed by atoms with E-state index in [0.29, 0.717) is 0 Å². The Morgan fingerprint density at radius 3 is 1.10 bits per heavy atom. The molecule has 0 amide bonds. The smallest absolute Gasteiger partial charge is 0.0417 e. The van der Waals surface area contributed by atoms with E-state index in [0.717, 1.165) is 23.7 Å². The van der Waals surface area contributed by atoms with E-state index < -0.39 is 0 Å². The lowest BCUT2D eigenvalue weighted by atomic mass is 9.77. The van der Waals surface area contributed by atoms with Crippen molar-refractivity contribution < 1.29 is 0 Å². The molecule has 30 heavy (non-hydrogen) atoms. The second-order valence-electron chi connectivity index (χ2n) is 9.07. The van der Waals surface area contributed by atoms with Gasteiger partial charge in [-0.15, -0.1) is 0 Å². The topological polar surface area (TPSA) is 0 Å². The van der Waals surface area contributed by atoms with E-state index in [-0.39, 0.29) is 0 Å². The largest absolute Gasteiger partial charge is 0.0683 e. The minimum atomic E-state index is 0.935. The van der Waals surface area contributed by atoms with Gasteiger partial charge in [-0.1, -0.05) is 174 Å². The zero-order valence-electron chi connectivity index (χ0n) is 24.8. The van der Waals surface area contributed by atoms with Crippen molar-refractivity contribution in [3.8, 4) is 0 Å². The van der Waals surface area contributed by atoms with Crippen LogP contribution in [-0.2, 0) is 0 Å². The molecule has 3 unspecified atom stereocenters. The standard InChI is InChI=1S/C10H22.C6H12.C6H14.2C3H8.C2H6/c1-4-7-9-10(6-3)8-5-2;1-5-3-4-6(5)2;1-4-6(3)5-2;2*1-3-2;1-2/h10H,4-9H2,1-3H3;5-6H,3-4H2,1-2H3;6H,4-5H2,1-3H3;2*3H2,1-2H3;1-2H3. The Bertz CT molecular complexity index is 202. The van der Waals surface area contributed by atoms with Crippen LogP contribution in [0.2, 0.25) is 0 Å². The summed E-state index contributed by atoms with van der Waals surface area (Å²) in [7, 11) is 0. The lowest BCUT2D eigenvalue weighted by molar-refractivity contribution is 0.219. The summed E-state index contributed by atoms with van der Waals surface area (Å²) in [4.78, 5) is 0. The van der Waals surface area contributed by atoms with E-state index in [1.54, 1.807) is 0 Å². The van der Waals surface area contributed by atoms with Crippen LogP contribution < -0.4 is 0 Å². The summed E-state index contributed by atoms with van der Waals surface area (Å²) in [5, 5.41) is 0. The third kappa shape index (κ3) is 42.2. The fraction of sp³-hybridized carbons (Fsp3) is 1.00. The molecule has 1 fully saturated rings. The second kappa shape index (κ2) is 39.5. The molecule has 0 radical (unpaired) electrons. The fourth-order valence-corrected chi connectivity index (χ4v) is 2.58. The number of rotatable bonds is 8. The van der Waals surface area contributed by atoms with E-state index in [9.17, 15) is 0 Å². The van der Waals surface area contributed by atoms with Crippen molar-refractivity contribution in [2.75, 3.05) is 0 Å². The van der Waals surface area contributed by atoms with Crippen LogP contribution in [0.25, 0.3) is 0 Å². The van der Waals surface area contributed by atoms with Crippen molar-refractivity contribution in [3.05, 3.63) is 0 Å². The first-order valence-electron chi connectivity index (χ1n) is 14.3. The lowest BCUT2D eigenvalue weighted by Gasteiger charge is -2.29. The molecule has 1 saturated carbocycles. The van der Waals surface area contributed by atoms with Gasteiger partial charge in [0.15, 0.2) is 0 Å². The first-order valence-corrected chi connectivity index (χ1v) is 14.3. The highest BCUT2D eigenvalue weighted by molar-refractivity contribution is 4.72. The van der Waals surface area contributed by atoms with Crippen molar-refractivity contribution >= 4 is 0 Å². The SMILES string of the molecule is CC.CC1CCC1C.CCC.CCC.CCC(C)CC.CCCCC(CC)CCC. The normalized spacial score (nSPS) is 16.9. The van der Waals surface area contributed by atoms with Gasteiger partial charge in [-0.25, -0.2) is 0 Å². The maximum Gasteiger partial charge on any atom is -0.0417 e. The molecule has 0 bridgehead atoms. The van der Waals surface area contributed by atoms with Crippen LogP contribution >= 0.6 is 0 Å². The number of unbranched alkanes of at least 4 members (excludes halogenated alkanes) is 1. The minimum Gasteiger partial charge on any atom is -0.0683 e. The summed E-state index contributed by atoms with van der Waals surface area (Å²) in [6.45, 7) is 30.8. The second-order valence-corrected chi connectivity index (χ2v) is 9.07. The highest BCUT2D eigenvalue weighted by Crippen LogP contribution is 2.32. The Morgan fingerprint density at radius 2 is 0.967 bits per heavy atom. The summed E-state index contributed by atoms with van der Waals surface area (Å²) >= 11 is 0. The van der Waals surface area contributed by atoms with Crippen molar-refractivity contribution in [2.45, 2.75) is 174 Å². The lowest BCUT2D eigenvalue weighted by Crippen LogP contribution is -2.18. The average Bonchev–Trinajstić information content (AvgIpc) is 2.78. The summed E-state index contributed by atoms with van der Waals surface area (Å²) in [5.74, 6) is 4.02. The van der Waals surface area contributed by atoms with Crippen LogP contribution in [0.5, 0.6) is 0 Å². The van der Waals surface area contributed by atoms with Crippen LogP contribution in [0.15, 0.2) is 0 Å². The molecule has 1 rings (SSSR count). The van der Waals surface area contributed by atoms with Crippen molar-refractivity contribution in [3.63, 3.8) is 0 Å². The maximum atomic E-state index is 2.33. The van der Waals surface area contributed by atoms with Gasteiger partial charge in [-0.3, -0.25) is 0 Å². The van der Waals surface area contributed by atoms with Gasteiger partial charge in [0.05, 0.1) is 0 Å². The van der Waals surface area contributed by atoms with E-state index in [2.05, 4.69) is 83.1 Å². The number of hydrogen-bond donors (Lipinski definition) is 0. The first kappa shape index (κ1) is 40.4. The molecule has 0 saturated heterocycles. The predicted octanol–water partition coefficient (Wildman–Crippen LogP) is 12.4. The summed E-state index contributed by atoms with van der Waals surface area (Å²) < 4.78 is 0. The van der Waals surface area contributed by atoms with Gasteiger partial charge in [0.25, 0.3) is 0 Å². The van der Waals surface area contributed by atoms with Crippen molar-refractivity contribution in [1.29, 1.82) is 0 Å². The predicted molar refractivity (Wildman–Crippen MR) is 149 cm³/mol. The molecule has 0 N–H and O–H groups in total. The Hall–Kier alpha value is 0. The Labute approximate surface area is 197 Å². The average molecular weight is 431 g/mol. The Kier molecular flexibility index (Phi) is 53.1. The monoisotopic (exact) mass is 431 g/mol. The summed E-state index contributed by atoms with van der Waals surface area (Å²) in [6, 6.07) is 0. The van der Waals surface area contributed by atoms with Crippen molar-refractivity contribution in [2.24, 2.45) is 23.7 Å². The molecule has 0 aromatic rings. The zero-order valence-corrected chi connectivity index (χ0v) is 24.8. The van der Waals surface area contributed by atoms with Gasteiger partial charge in [-0.2, -0.15) is 0 Å². The van der Waals surface area contributed by atoms with Crippen molar-refractivity contribution in [1.82, 2.24) is 0 Å². The first-order chi connectivity index (χ1) is 14.3. The molecule has 1 aliphatic carbocycles. The Balaban J connectivity index is -0.0000000910. The quantitative estimate of drug-likeness (QED) is 0.359. The van der Waals surface area contributed by atoms with Crippen LogP contribution in [0.4, 0.5) is 0 Å². The van der Waals surface area contributed by atoms with E-state index in [1.165, 1.54) is 77.0 Å². The molecule has 190 valence electrons. The molecule has 0 heterocycles. The molecule has 0 aromatic carbocycles. The highest BCUT2D eigenvalue weighted by Gasteiger charge is 2.20. The molecular formula is C30H70. The molecule has 0 aromatic heterocycles. The summed E-state index contributed by atoms with van der Waals surface area (Å²) in [5.41, 5.74) is 0. The zero-order chi connectivity index (χ0) is 24.8. The maximum absolute atomic E-state index is 2.33. The van der Waals surface area contributed by atoms with Gasteiger partial charge in [0.1, 0.15) is 0 Å². The van der Waals surface area contributed by atoms with Gasteiger partial charge in [-0.05, 0) is 23.7 Å². The number of hydrogen-bond acceptors (Lipinski definition) is 0. The molecule has 0 heteroatoms. The van der Waals surface area contributed by atoms with E-state index in [1.807, 2.05) is 13.8 Å². The van der Waals surface area contributed by atoms with Crippen LogP contribution in [0, 0.1) is 23.7 Å². The molecule has 0 spiro atoms. The third-order valence-electron chi connectivity index (χ3n) is 5.68. The van der Waals surface area contributed by atoms with E-state index in [4.69, 9.17) is 0 Å². The van der Waals surface area contributed by atoms with Crippen LogP contribution in [0.1, 0.15) is 174 Å². The van der Waals surface area contributed by atoms with Crippen LogP contribution in [0.3, 0.4) is 0 Å². The fourth-order valence-electron chi connectivity index (χ4n) is 2.58. The molecule has 1 aliphatic rings. The van der Waals surface area contributed by atoms with E-state index >= 15 is 0 Å². The van der Waals surface area contributed by atoms with Gasteiger partial charge >= 0.3 is 0 Å². The Morgan fingerprint density at radius 1 is 0.600 bits per heavy atom. The third-order valence-corrected chi connectivity index (χ3v) is 5.68. The molecule has 3 atom stereocenters.